The molecule has 124 valence electrons. The van der Waals surface area contributed by atoms with Gasteiger partial charge in [-0.2, -0.15) is 0 Å². The fraction of sp³-hybridized carbons (Fsp3) is 0.643. The molecule has 1 rings (SSSR count). The van der Waals surface area contributed by atoms with Gasteiger partial charge in [0.1, 0.15) is 0 Å². The quantitative estimate of drug-likeness (QED) is 0.522. The van der Waals surface area contributed by atoms with Crippen molar-refractivity contribution in [2.24, 2.45) is 5.73 Å². The smallest absolute Gasteiger partial charge is 0.370 e. The van der Waals surface area contributed by atoms with Gasteiger partial charge in [-0.1, -0.05) is 13.8 Å². The maximum Gasteiger partial charge on any atom is 0.370 e. The highest BCUT2D eigenvalue weighted by molar-refractivity contribution is 5.88. The molecule has 0 spiro atoms. The van der Waals surface area contributed by atoms with Gasteiger partial charge in [0.05, 0.1) is 12.1 Å². The highest BCUT2D eigenvalue weighted by Gasteiger charge is 2.40. The average molecular weight is 313 g/mol. The fourth-order valence-corrected chi connectivity index (χ4v) is 2.25. The van der Waals surface area contributed by atoms with Gasteiger partial charge in [-0.25, -0.2) is 4.79 Å². The summed E-state index contributed by atoms with van der Waals surface area (Å²) in [7, 11) is 0. The number of carboxylic acid groups (broad SMARTS) is 1. The van der Waals surface area contributed by atoms with E-state index in [2.05, 4.69) is 10.6 Å². The van der Waals surface area contributed by atoms with Crippen LogP contribution in [0, 0.1) is 0 Å². The molecule has 0 aromatic heterocycles. The van der Waals surface area contributed by atoms with Crippen molar-refractivity contribution in [2.75, 3.05) is 0 Å². The maximum absolute atomic E-state index is 12.4. The Morgan fingerprint density at radius 3 is 2.41 bits per heavy atom. The molecule has 0 aromatic rings. The molecule has 0 saturated heterocycles. The molecular weight excluding hydrogens is 290 g/mol. The lowest BCUT2D eigenvalue weighted by Gasteiger charge is -2.34. The third-order valence-corrected chi connectivity index (χ3v) is 3.51. The SMILES string of the molecule is CCC(CC)NC(=O)[C@@H]1OC(C(=O)O)=C[C@H](N)[C@H]1NC(C)=O. The van der Waals surface area contributed by atoms with Gasteiger partial charge in [0, 0.05) is 13.0 Å². The minimum atomic E-state index is -1.31. The molecule has 8 heteroatoms. The van der Waals surface area contributed by atoms with Gasteiger partial charge in [-0.05, 0) is 18.9 Å². The number of carboxylic acids is 1. The van der Waals surface area contributed by atoms with Crippen molar-refractivity contribution in [3.63, 3.8) is 0 Å². The third kappa shape index (κ3) is 4.45. The minimum absolute atomic E-state index is 0.0514. The lowest BCUT2D eigenvalue weighted by molar-refractivity contribution is -0.143. The average Bonchev–Trinajstić information content (AvgIpc) is 2.45. The first kappa shape index (κ1) is 18.0. The Morgan fingerprint density at radius 2 is 1.95 bits per heavy atom. The zero-order valence-electron chi connectivity index (χ0n) is 13.0. The number of nitrogens with one attached hydrogen (secondary N) is 2. The number of rotatable bonds is 6. The van der Waals surface area contributed by atoms with Crippen molar-refractivity contribution in [3.05, 3.63) is 11.8 Å². The molecule has 0 unspecified atom stereocenters. The number of carbonyl (C=O) groups excluding carboxylic acids is 2. The van der Waals surface area contributed by atoms with Gasteiger partial charge >= 0.3 is 5.97 Å². The van der Waals surface area contributed by atoms with E-state index in [1.807, 2.05) is 13.8 Å². The minimum Gasteiger partial charge on any atom is -0.475 e. The van der Waals surface area contributed by atoms with Crippen LogP contribution >= 0.6 is 0 Å². The number of aliphatic carboxylic acids is 1. The molecule has 3 atom stereocenters. The molecule has 1 heterocycles. The van der Waals surface area contributed by atoms with Crippen LogP contribution in [0.3, 0.4) is 0 Å². The van der Waals surface area contributed by atoms with Crippen LogP contribution in [-0.4, -0.2) is 47.1 Å². The van der Waals surface area contributed by atoms with Crippen LogP contribution in [0.15, 0.2) is 11.8 Å². The molecule has 0 saturated carbocycles. The zero-order chi connectivity index (χ0) is 16.9. The van der Waals surface area contributed by atoms with Crippen LogP contribution in [0.1, 0.15) is 33.6 Å². The molecule has 0 aliphatic carbocycles. The standard InChI is InChI=1S/C14H23N3O5/c1-4-8(5-2)17-13(19)12-11(16-7(3)18)9(15)6-10(22-12)14(20)21/h6,8-9,11-12H,4-5,15H2,1-3H3,(H,16,18)(H,17,19)(H,20,21)/t9-,11+,12+/m0/s1. The van der Waals surface area contributed by atoms with E-state index in [9.17, 15) is 14.4 Å². The van der Waals surface area contributed by atoms with E-state index in [1.54, 1.807) is 0 Å². The Kier molecular flexibility index (Phi) is 6.36. The second kappa shape index (κ2) is 7.79. The summed E-state index contributed by atoms with van der Waals surface area (Å²) in [6, 6.07) is -1.71. The topological polar surface area (TPSA) is 131 Å². The van der Waals surface area contributed by atoms with Gasteiger partial charge in [0.2, 0.25) is 11.7 Å². The molecule has 22 heavy (non-hydrogen) atoms. The predicted molar refractivity (Wildman–Crippen MR) is 78.7 cm³/mol. The summed E-state index contributed by atoms with van der Waals surface area (Å²) in [6.45, 7) is 5.14. The summed E-state index contributed by atoms with van der Waals surface area (Å²) in [5, 5.41) is 14.4. The van der Waals surface area contributed by atoms with E-state index < -0.39 is 35.8 Å². The summed E-state index contributed by atoms with van der Waals surface area (Å²) in [5.74, 6) is -2.57. The summed E-state index contributed by atoms with van der Waals surface area (Å²) >= 11 is 0. The molecule has 0 radical (unpaired) electrons. The van der Waals surface area contributed by atoms with Crippen molar-refractivity contribution in [3.8, 4) is 0 Å². The number of amides is 2. The molecule has 1 aliphatic rings. The van der Waals surface area contributed by atoms with Crippen molar-refractivity contribution in [2.45, 2.75) is 57.8 Å². The van der Waals surface area contributed by atoms with Crippen molar-refractivity contribution < 1.29 is 24.2 Å². The largest absolute Gasteiger partial charge is 0.475 e. The Labute approximate surface area is 129 Å². The fourth-order valence-electron chi connectivity index (χ4n) is 2.25. The van der Waals surface area contributed by atoms with Crippen LogP contribution < -0.4 is 16.4 Å². The molecule has 2 amide bonds. The first-order valence-corrected chi connectivity index (χ1v) is 7.24. The summed E-state index contributed by atoms with van der Waals surface area (Å²) in [5.41, 5.74) is 5.87. The van der Waals surface area contributed by atoms with E-state index in [4.69, 9.17) is 15.6 Å². The van der Waals surface area contributed by atoms with E-state index >= 15 is 0 Å². The van der Waals surface area contributed by atoms with Gasteiger partial charge in [0.15, 0.2) is 6.10 Å². The second-order valence-corrected chi connectivity index (χ2v) is 5.20. The summed E-state index contributed by atoms with van der Waals surface area (Å²) in [4.78, 5) is 34.7. The Hall–Kier alpha value is -2.09. The van der Waals surface area contributed by atoms with E-state index in [-0.39, 0.29) is 11.9 Å². The molecule has 5 N–H and O–H groups in total. The number of ether oxygens (including phenoxy) is 1. The van der Waals surface area contributed by atoms with Crippen molar-refractivity contribution >= 4 is 17.8 Å². The second-order valence-electron chi connectivity index (χ2n) is 5.20. The van der Waals surface area contributed by atoms with Gasteiger partial charge < -0.3 is 26.2 Å². The number of nitrogens with two attached hydrogens (primary N) is 1. The van der Waals surface area contributed by atoms with Crippen LogP contribution in [-0.2, 0) is 19.1 Å². The molecule has 0 aromatic carbocycles. The first-order valence-electron chi connectivity index (χ1n) is 7.24. The molecule has 0 bridgehead atoms. The molecule has 1 aliphatic heterocycles. The van der Waals surface area contributed by atoms with Crippen molar-refractivity contribution in [1.82, 2.24) is 10.6 Å². The van der Waals surface area contributed by atoms with Crippen LogP contribution in [0.5, 0.6) is 0 Å². The zero-order valence-corrected chi connectivity index (χ0v) is 13.0. The van der Waals surface area contributed by atoms with Crippen molar-refractivity contribution in [1.29, 1.82) is 0 Å². The predicted octanol–water partition coefficient (Wildman–Crippen LogP) is -0.509. The molecule has 0 fully saturated rings. The van der Waals surface area contributed by atoms with Gasteiger partial charge in [-0.3, -0.25) is 9.59 Å². The Balaban J connectivity index is 2.99. The van der Waals surface area contributed by atoms with Gasteiger partial charge in [0.25, 0.3) is 5.91 Å². The van der Waals surface area contributed by atoms with Gasteiger partial charge in [-0.15, -0.1) is 0 Å². The normalized spacial score (nSPS) is 24.2. The lowest BCUT2D eigenvalue weighted by Crippen LogP contribution is -2.61. The molecular formula is C14H23N3O5. The van der Waals surface area contributed by atoms with Crippen LogP contribution in [0.4, 0.5) is 0 Å². The Bertz CT molecular complexity index is 473. The van der Waals surface area contributed by atoms with E-state index in [1.165, 1.54) is 13.0 Å². The number of carbonyl (C=O) groups is 3. The highest BCUT2D eigenvalue weighted by atomic mass is 16.5. The highest BCUT2D eigenvalue weighted by Crippen LogP contribution is 2.18. The van der Waals surface area contributed by atoms with Crippen LogP contribution in [0.2, 0.25) is 0 Å². The van der Waals surface area contributed by atoms with Crippen LogP contribution in [0.25, 0.3) is 0 Å². The lowest BCUT2D eigenvalue weighted by atomic mass is 9.97. The summed E-state index contributed by atoms with van der Waals surface area (Å²) in [6.07, 6.45) is 1.46. The summed E-state index contributed by atoms with van der Waals surface area (Å²) < 4.78 is 5.24. The Morgan fingerprint density at radius 1 is 1.36 bits per heavy atom. The monoisotopic (exact) mass is 313 g/mol. The van der Waals surface area contributed by atoms with E-state index in [0.717, 1.165) is 12.8 Å². The third-order valence-electron chi connectivity index (χ3n) is 3.51. The number of hydrogen-bond acceptors (Lipinski definition) is 5. The molecule has 8 nitrogen and oxygen atoms in total. The number of hydrogen-bond donors (Lipinski definition) is 4. The maximum atomic E-state index is 12.4. The first-order chi connectivity index (χ1) is 10.3. The van der Waals surface area contributed by atoms with E-state index in [0.29, 0.717) is 0 Å².